The zero-order valence-electron chi connectivity index (χ0n) is 15.7. The average molecular weight is 395 g/mol. The van der Waals surface area contributed by atoms with Crippen molar-refractivity contribution in [1.29, 1.82) is 0 Å². The third kappa shape index (κ3) is 4.04. The fourth-order valence-electron chi connectivity index (χ4n) is 3.55. The highest BCUT2D eigenvalue weighted by molar-refractivity contribution is 7.13. The maximum absolute atomic E-state index is 12.6. The SMILES string of the molecule is Cc1ccc(C(=O)N2CCC(Cn3cnc(-c4ccncc4)cc3=O)CC2)s1. The molecule has 4 heterocycles. The van der Waals surface area contributed by atoms with Crippen molar-refractivity contribution in [2.45, 2.75) is 26.3 Å². The number of nitrogens with zero attached hydrogens (tertiary/aromatic N) is 4. The van der Waals surface area contributed by atoms with Gasteiger partial charge in [0.2, 0.25) is 0 Å². The van der Waals surface area contributed by atoms with Crippen LogP contribution >= 0.6 is 11.3 Å². The summed E-state index contributed by atoms with van der Waals surface area (Å²) in [6, 6.07) is 9.15. The van der Waals surface area contributed by atoms with E-state index >= 15 is 0 Å². The van der Waals surface area contributed by atoms with E-state index in [1.54, 1.807) is 40.7 Å². The first-order valence-corrected chi connectivity index (χ1v) is 10.2. The molecule has 3 aromatic heterocycles. The van der Waals surface area contributed by atoms with Crippen LogP contribution in [0.3, 0.4) is 0 Å². The Morgan fingerprint density at radius 2 is 1.93 bits per heavy atom. The molecular weight excluding hydrogens is 372 g/mol. The van der Waals surface area contributed by atoms with Crippen molar-refractivity contribution in [3.05, 3.63) is 69.2 Å². The number of hydrogen-bond donors (Lipinski definition) is 0. The van der Waals surface area contributed by atoms with Crippen molar-refractivity contribution in [3.63, 3.8) is 0 Å². The van der Waals surface area contributed by atoms with Gasteiger partial charge in [-0.25, -0.2) is 4.98 Å². The lowest BCUT2D eigenvalue weighted by Crippen LogP contribution is -2.39. The van der Waals surface area contributed by atoms with Crippen LogP contribution in [-0.4, -0.2) is 38.4 Å². The minimum absolute atomic E-state index is 0.0469. The molecule has 1 fully saturated rings. The summed E-state index contributed by atoms with van der Waals surface area (Å²) in [7, 11) is 0. The summed E-state index contributed by atoms with van der Waals surface area (Å²) in [6.45, 7) is 4.12. The van der Waals surface area contributed by atoms with Gasteiger partial charge in [-0.2, -0.15) is 0 Å². The quantitative estimate of drug-likeness (QED) is 0.681. The van der Waals surface area contributed by atoms with Crippen LogP contribution in [-0.2, 0) is 6.54 Å². The van der Waals surface area contributed by atoms with Gasteiger partial charge in [0, 0.05) is 48.5 Å². The van der Waals surface area contributed by atoms with Gasteiger partial charge in [0.05, 0.1) is 16.9 Å². The van der Waals surface area contributed by atoms with Crippen molar-refractivity contribution in [2.75, 3.05) is 13.1 Å². The molecule has 144 valence electrons. The third-order valence-electron chi connectivity index (χ3n) is 5.16. The van der Waals surface area contributed by atoms with Crippen LogP contribution in [0.1, 0.15) is 27.4 Å². The Hall–Kier alpha value is -2.80. The minimum Gasteiger partial charge on any atom is -0.338 e. The van der Waals surface area contributed by atoms with Crippen molar-refractivity contribution >= 4 is 17.2 Å². The van der Waals surface area contributed by atoms with E-state index in [9.17, 15) is 9.59 Å². The number of aromatic nitrogens is 3. The van der Waals surface area contributed by atoms with Crippen molar-refractivity contribution < 1.29 is 4.79 Å². The maximum Gasteiger partial charge on any atom is 0.263 e. The molecule has 6 nitrogen and oxygen atoms in total. The Bertz CT molecular complexity index is 1020. The summed E-state index contributed by atoms with van der Waals surface area (Å²) in [4.78, 5) is 37.4. The van der Waals surface area contributed by atoms with Crippen molar-refractivity contribution in [1.82, 2.24) is 19.4 Å². The van der Waals surface area contributed by atoms with Gasteiger partial charge in [0.25, 0.3) is 11.5 Å². The Balaban J connectivity index is 1.37. The fraction of sp³-hybridized carbons (Fsp3) is 0.333. The van der Waals surface area contributed by atoms with Gasteiger partial charge < -0.3 is 4.90 Å². The van der Waals surface area contributed by atoms with Gasteiger partial charge in [-0.05, 0) is 49.9 Å². The van der Waals surface area contributed by atoms with E-state index < -0.39 is 0 Å². The zero-order valence-corrected chi connectivity index (χ0v) is 16.6. The monoisotopic (exact) mass is 394 g/mol. The second kappa shape index (κ2) is 8.06. The van der Waals surface area contributed by atoms with E-state index in [1.165, 1.54) is 0 Å². The van der Waals surface area contributed by atoms with Crippen molar-refractivity contribution in [2.24, 2.45) is 5.92 Å². The predicted octanol–water partition coefficient (Wildman–Crippen LogP) is 3.23. The Morgan fingerprint density at radius 1 is 1.18 bits per heavy atom. The van der Waals surface area contributed by atoms with Gasteiger partial charge in [-0.3, -0.25) is 19.1 Å². The lowest BCUT2D eigenvalue weighted by Gasteiger charge is -2.32. The summed E-state index contributed by atoms with van der Waals surface area (Å²) < 4.78 is 1.68. The molecule has 1 aliphatic heterocycles. The van der Waals surface area contributed by atoms with Crippen LogP contribution in [0.2, 0.25) is 0 Å². The Morgan fingerprint density at radius 3 is 2.57 bits per heavy atom. The molecule has 3 aromatic rings. The largest absolute Gasteiger partial charge is 0.338 e. The highest BCUT2D eigenvalue weighted by Crippen LogP contribution is 2.23. The fourth-order valence-corrected chi connectivity index (χ4v) is 4.38. The van der Waals surface area contributed by atoms with Gasteiger partial charge >= 0.3 is 0 Å². The second-order valence-electron chi connectivity index (χ2n) is 7.15. The highest BCUT2D eigenvalue weighted by Gasteiger charge is 2.24. The molecule has 0 saturated carbocycles. The van der Waals surface area contributed by atoms with E-state index in [0.717, 1.165) is 41.2 Å². The number of amides is 1. The predicted molar refractivity (Wildman–Crippen MR) is 109 cm³/mol. The molecule has 0 atom stereocenters. The number of thiophene rings is 1. The lowest BCUT2D eigenvalue weighted by molar-refractivity contribution is 0.0687. The molecule has 0 spiro atoms. The summed E-state index contributed by atoms with van der Waals surface area (Å²) in [5.41, 5.74) is 1.50. The average Bonchev–Trinajstić information content (AvgIpc) is 3.16. The molecule has 4 rings (SSSR count). The van der Waals surface area contributed by atoms with Crippen LogP contribution in [0.15, 0.2) is 53.8 Å². The van der Waals surface area contributed by atoms with Crippen LogP contribution in [0, 0.1) is 12.8 Å². The Labute approximate surface area is 167 Å². The van der Waals surface area contributed by atoms with Gasteiger partial charge in [-0.15, -0.1) is 11.3 Å². The first-order valence-electron chi connectivity index (χ1n) is 9.43. The highest BCUT2D eigenvalue weighted by atomic mass is 32.1. The van der Waals surface area contributed by atoms with E-state index in [0.29, 0.717) is 18.2 Å². The van der Waals surface area contributed by atoms with Crippen LogP contribution in [0.25, 0.3) is 11.3 Å². The normalized spacial score (nSPS) is 15.0. The number of hydrogen-bond acceptors (Lipinski definition) is 5. The zero-order chi connectivity index (χ0) is 19.5. The maximum atomic E-state index is 12.6. The minimum atomic E-state index is -0.0469. The number of pyridine rings is 1. The first kappa shape index (κ1) is 18.6. The molecule has 0 radical (unpaired) electrons. The lowest BCUT2D eigenvalue weighted by atomic mass is 9.96. The first-order chi connectivity index (χ1) is 13.6. The second-order valence-corrected chi connectivity index (χ2v) is 8.43. The topological polar surface area (TPSA) is 68.1 Å². The molecule has 0 aliphatic carbocycles. The van der Waals surface area contributed by atoms with Gasteiger partial charge in [0.15, 0.2) is 0 Å². The van der Waals surface area contributed by atoms with E-state index in [1.807, 2.05) is 36.1 Å². The molecule has 1 saturated heterocycles. The van der Waals surface area contributed by atoms with Crippen molar-refractivity contribution in [3.8, 4) is 11.3 Å². The molecule has 1 aliphatic rings. The summed E-state index contributed by atoms with van der Waals surface area (Å²) in [5.74, 6) is 0.498. The van der Waals surface area contributed by atoms with Crippen LogP contribution in [0.5, 0.6) is 0 Å². The van der Waals surface area contributed by atoms with Crippen LogP contribution in [0.4, 0.5) is 0 Å². The number of likely N-dealkylation sites (tertiary alicyclic amines) is 1. The number of carbonyl (C=O) groups is 1. The smallest absolute Gasteiger partial charge is 0.263 e. The van der Waals surface area contributed by atoms with E-state index in [-0.39, 0.29) is 11.5 Å². The molecule has 0 aromatic carbocycles. The molecular formula is C21H22N4O2S. The standard InChI is InChI=1S/C21H22N4O2S/c1-15-2-3-19(28-15)21(27)24-10-6-16(7-11-24)13-25-14-23-18(12-20(25)26)17-4-8-22-9-5-17/h2-5,8-9,12,14,16H,6-7,10-11,13H2,1H3. The molecule has 0 N–H and O–H groups in total. The summed E-state index contributed by atoms with van der Waals surface area (Å²) >= 11 is 1.55. The molecule has 7 heteroatoms. The van der Waals surface area contributed by atoms with E-state index in [2.05, 4.69) is 9.97 Å². The molecule has 1 amide bonds. The van der Waals surface area contributed by atoms with Gasteiger partial charge in [-0.1, -0.05) is 0 Å². The number of piperidine rings is 1. The molecule has 0 bridgehead atoms. The Kier molecular flexibility index (Phi) is 5.34. The molecule has 28 heavy (non-hydrogen) atoms. The number of rotatable bonds is 4. The van der Waals surface area contributed by atoms with Crippen LogP contribution < -0.4 is 5.56 Å². The number of aryl methyl sites for hydroxylation is 1. The van der Waals surface area contributed by atoms with E-state index in [4.69, 9.17) is 0 Å². The van der Waals surface area contributed by atoms with Gasteiger partial charge in [0.1, 0.15) is 0 Å². The summed E-state index contributed by atoms with van der Waals surface area (Å²) in [6.07, 6.45) is 6.80. The number of carbonyl (C=O) groups excluding carboxylic acids is 1. The molecule has 0 unspecified atom stereocenters. The summed E-state index contributed by atoms with van der Waals surface area (Å²) in [5, 5.41) is 0. The third-order valence-corrected chi connectivity index (χ3v) is 6.15.